The summed E-state index contributed by atoms with van der Waals surface area (Å²) in [5.74, 6) is 0.215. The summed E-state index contributed by atoms with van der Waals surface area (Å²) < 4.78 is 5.50. The molecular formula is C15H11NO3. The van der Waals surface area contributed by atoms with Crippen molar-refractivity contribution in [2.75, 3.05) is 0 Å². The molecule has 0 aliphatic heterocycles. The zero-order valence-electron chi connectivity index (χ0n) is 9.95. The van der Waals surface area contributed by atoms with Crippen LogP contribution < -0.4 is 0 Å². The van der Waals surface area contributed by atoms with Gasteiger partial charge in [-0.25, -0.2) is 0 Å². The number of oxime groups is 1. The summed E-state index contributed by atoms with van der Waals surface area (Å²) in [6.07, 6.45) is 2.99. The van der Waals surface area contributed by atoms with Crippen molar-refractivity contribution in [1.29, 1.82) is 0 Å². The van der Waals surface area contributed by atoms with Crippen LogP contribution in [-0.2, 0) is 0 Å². The van der Waals surface area contributed by atoms with E-state index in [-0.39, 0.29) is 5.75 Å². The van der Waals surface area contributed by atoms with E-state index >= 15 is 0 Å². The molecular weight excluding hydrogens is 242 g/mol. The number of fused-ring (bicyclic) bond motifs is 1. The van der Waals surface area contributed by atoms with Gasteiger partial charge in [0.15, 0.2) is 0 Å². The van der Waals surface area contributed by atoms with Crippen molar-refractivity contribution in [2.45, 2.75) is 0 Å². The Morgan fingerprint density at radius 1 is 1.05 bits per heavy atom. The maximum atomic E-state index is 9.34. The third kappa shape index (κ3) is 2.04. The summed E-state index contributed by atoms with van der Waals surface area (Å²) in [4.78, 5) is 0. The van der Waals surface area contributed by atoms with Gasteiger partial charge in [-0.2, -0.15) is 0 Å². The standard InChI is InChI=1S/C15H11NO3/c17-13-3-1-11(2-4-13)14-8-10(9-16-18)7-12-5-6-19-15(12)14/h1-9,17-18H/b16-9+. The van der Waals surface area contributed by atoms with Crippen LogP contribution in [0.3, 0.4) is 0 Å². The summed E-state index contributed by atoms with van der Waals surface area (Å²) in [6.45, 7) is 0. The molecule has 0 aliphatic rings. The van der Waals surface area contributed by atoms with Gasteiger partial charge in [0.2, 0.25) is 0 Å². The second-order valence-corrected chi connectivity index (χ2v) is 4.20. The maximum Gasteiger partial charge on any atom is 0.141 e. The SMILES string of the molecule is O/N=C/c1cc(-c2ccc(O)cc2)c2occc2c1. The number of phenolic OH excluding ortho intramolecular Hbond substituents is 1. The molecule has 4 nitrogen and oxygen atoms in total. The number of rotatable bonds is 2. The Morgan fingerprint density at radius 2 is 1.84 bits per heavy atom. The largest absolute Gasteiger partial charge is 0.508 e. The minimum absolute atomic E-state index is 0.215. The lowest BCUT2D eigenvalue weighted by Gasteiger charge is -2.05. The lowest BCUT2D eigenvalue weighted by molar-refractivity contribution is 0.322. The van der Waals surface area contributed by atoms with Gasteiger partial charge >= 0.3 is 0 Å². The molecule has 1 heterocycles. The van der Waals surface area contributed by atoms with Gasteiger partial charge in [-0.3, -0.25) is 0 Å². The predicted molar refractivity (Wildman–Crippen MR) is 72.7 cm³/mol. The topological polar surface area (TPSA) is 66.0 Å². The maximum absolute atomic E-state index is 9.34. The zero-order chi connectivity index (χ0) is 13.2. The van der Waals surface area contributed by atoms with Crippen LogP contribution in [0, 0.1) is 0 Å². The van der Waals surface area contributed by atoms with Crippen molar-refractivity contribution in [1.82, 2.24) is 0 Å². The molecule has 0 saturated carbocycles. The molecule has 2 aromatic carbocycles. The molecule has 3 aromatic rings. The molecule has 3 rings (SSSR count). The van der Waals surface area contributed by atoms with Crippen LogP contribution in [0.5, 0.6) is 5.75 Å². The van der Waals surface area contributed by atoms with Crippen molar-refractivity contribution in [2.24, 2.45) is 5.16 Å². The zero-order valence-corrected chi connectivity index (χ0v) is 9.95. The fourth-order valence-corrected chi connectivity index (χ4v) is 2.10. The molecule has 0 saturated heterocycles. The van der Waals surface area contributed by atoms with E-state index in [1.807, 2.05) is 30.3 Å². The van der Waals surface area contributed by atoms with Crippen LogP contribution in [0.25, 0.3) is 22.1 Å². The molecule has 0 unspecified atom stereocenters. The van der Waals surface area contributed by atoms with E-state index in [1.165, 1.54) is 6.21 Å². The van der Waals surface area contributed by atoms with Gasteiger partial charge in [0.1, 0.15) is 11.3 Å². The van der Waals surface area contributed by atoms with E-state index in [0.29, 0.717) is 0 Å². The Labute approximate surface area is 109 Å². The van der Waals surface area contributed by atoms with Crippen molar-refractivity contribution >= 4 is 17.2 Å². The first kappa shape index (κ1) is 11.3. The number of hydrogen-bond acceptors (Lipinski definition) is 4. The van der Waals surface area contributed by atoms with Crippen molar-refractivity contribution in [3.63, 3.8) is 0 Å². The molecule has 0 atom stereocenters. The number of hydrogen-bond donors (Lipinski definition) is 2. The molecule has 2 N–H and O–H groups in total. The second kappa shape index (κ2) is 4.49. The number of benzene rings is 2. The first-order valence-electron chi connectivity index (χ1n) is 5.76. The highest BCUT2D eigenvalue weighted by atomic mass is 16.4. The Kier molecular flexibility index (Phi) is 2.68. The highest BCUT2D eigenvalue weighted by Crippen LogP contribution is 2.31. The Hall–Kier alpha value is -2.75. The molecule has 19 heavy (non-hydrogen) atoms. The van der Waals surface area contributed by atoms with Crippen molar-refractivity contribution < 1.29 is 14.7 Å². The number of nitrogens with zero attached hydrogens (tertiary/aromatic N) is 1. The van der Waals surface area contributed by atoms with Crippen LogP contribution >= 0.6 is 0 Å². The lowest BCUT2D eigenvalue weighted by Crippen LogP contribution is -1.85. The smallest absolute Gasteiger partial charge is 0.141 e. The fraction of sp³-hybridized carbons (Fsp3) is 0. The van der Waals surface area contributed by atoms with E-state index in [0.717, 1.165) is 27.7 Å². The Bertz CT molecular complexity index is 742. The predicted octanol–water partition coefficient (Wildman–Crippen LogP) is 3.61. The Morgan fingerprint density at radius 3 is 2.58 bits per heavy atom. The molecule has 4 heteroatoms. The van der Waals surface area contributed by atoms with Gasteiger partial charge in [0, 0.05) is 10.9 Å². The first-order chi connectivity index (χ1) is 9.28. The van der Waals surface area contributed by atoms with Crippen LogP contribution in [0.15, 0.2) is 58.3 Å². The minimum Gasteiger partial charge on any atom is -0.508 e. The number of furan rings is 1. The van der Waals surface area contributed by atoms with Gasteiger partial charge in [0.05, 0.1) is 12.5 Å². The van der Waals surface area contributed by atoms with E-state index in [4.69, 9.17) is 9.62 Å². The molecule has 94 valence electrons. The third-order valence-electron chi connectivity index (χ3n) is 2.96. The van der Waals surface area contributed by atoms with Gasteiger partial charge < -0.3 is 14.7 Å². The van der Waals surface area contributed by atoms with Crippen LogP contribution in [-0.4, -0.2) is 16.5 Å². The number of phenols is 1. The summed E-state index contributed by atoms with van der Waals surface area (Å²) >= 11 is 0. The summed E-state index contributed by atoms with van der Waals surface area (Å²) in [7, 11) is 0. The van der Waals surface area contributed by atoms with E-state index in [2.05, 4.69) is 5.16 Å². The average Bonchev–Trinajstić information content (AvgIpc) is 2.87. The van der Waals surface area contributed by atoms with E-state index < -0.39 is 0 Å². The van der Waals surface area contributed by atoms with Gasteiger partial charge in [-0.05, 0) is 41.5 Å². The van der Waals surface area contributed by atoms with Crippen molar-refractivity contribution in [3.05, 3.63) is 54.3 Å². The summed E-state index contributed by atoms with van der Waals surface area (Å²) in [6, 6.07) is 12.5. The molecule has 0 fully saturated rings. The highest BCUT2D eigenvalue weighted by Gasteiger charge is 2.09. The van der Waals surface area contributed by atoms with Crippen LogP contribution in [0.2, 0.25) is 0 Å². The molecule has 0 bridgehead atoms. The van der Waals surface area contributed by atoms with Gasteiger partial charge in [0.25, 0.3) is 0 Å². The monoisotopic (exact) mass is 253 g/mol. The highest BCUT2D eigenvalue weighted by molar-refractivity contribution is 5.97. The molecule has 0 spiro atoms. The van der Waals surface area contributed by atoms with Gasteiger partial charge in [-0.1, -0.05) is 17.3 Å². The molecule has 0 aliphatic carbocycles. The minimum atomic E-state index is 0.215. The normalized spacial score (nSPS) is 11.4. The quantitative estimate of drug-likeness (QED) is 0.416. The summed E-state index contributed by atoms with van der Waals surface area (Å²) in [5.41, 5.74) is 3.35. The summed E-state index contributed by atoms with van der Waals surface area (Å²) in [5, 5.41) is 22.0. The van der Waals surface area contributed by atoms with Crippen LogP contribution in [0.1, 0.15) is 5.56 Å². The third-order valence-corrected chi connectivity index (χ3v) is 2.96. The second-order valence-electron chi connectivity index (χ2n) is 4.20. The molecule has 0 amide bonds. The average molecular weight is 253 g/mol. The van der Waals surface area contributed by atoms with E-state index in [9.17, 15) is 5.11 Å². The number of aromatic hydroxyl groups is 1. The Balaban J connectivity index is 2.25. The van der Waals surface area contributed by atoms with E-state index in [1.54, 1.807) is 18.4 Å². The van der Waals surface area contributed by atoms with Crippen molar-refractivity contribution in [3.8, 4) is 16.9 Å². The first-order valence-corrected chi connectivity index (χ1v) is 5.76. The lowest BCUT2D eigenvalue weighted by atomic mass is 10.0. The van der Waals surface area contributed by atoms with Crippen LogP contribution in [0.4, 0.5) is 0 Å². The fourth-order valence-electron chi connectivity index (χ4n) is 2.10. The molecule has 1 aromatic heterocycles. The van der Waals surface area contributed by atoms with Gasteiger partial charge in [-0.15, -0.1) is 0 Å². The molecule has 0 radical (unpaired) electrons.